The lowest BCUT2D eigenvalue weighted by Gasteiger charge is -2.08. The molecule has 6 nitrogen and oxygen atoms in total. The molecule has 0 aliphatic heterocycles. The maximum atomic E-state index is 12.4. The van der Waals surface area contributed by atoms with Crippen molar-refractivity contribution in [3.8, 4) is 0 Å². The van der Waals surface area contributed by atoms with Gasteiger partial charge in [-0.3, -0.25) is 14.4 Å². The second-order valence-corrected chi connectivity index (χ2v) is 7.01. The van der Waals surface area contributed by atoms with Gasteiger partial charge in [0, 0.05) is 16.1 Å². The van der Waals surface area contributed by atoms with Crippen LogP contribution in [-0.2, 0) is 17.6 Å². The third-order valence-corrected chi connectivity index (χ3v) is 5.26. The van der Waals surface area contributed by atoms with Crippen LogP contribution in [0, 0.1) is 0 Å². The van der Waals surface area contributed by atoms with Crippen LogP contribution < -0.4 is 10.6 Å². The minimum absolute atomic E-state index is 0.150. The van der Waals surface area contributed by atoms with Crippen molar-refractivity contribution in [1.29, 1.82) is 0 Å². The van der Waals surface area contributed by atoms with Gasteiger partial charge in [0.05, 0.1) is 4.88 Å². The maximum Gasteiger partial charge on any atom is 0.322 e. The molecule has 1 aromatic heterocycles. The van der Waals surface area contributed by atoms with Crippen molar-refractivity contribution < 1.29 is 19.5 Å². The summed E-state index contributed by atoms with van der Waals surface area (Å²) < 4.78 is 0. The van der Waals surface area contributed by atoms with Crippen molar-refractivity contribution in [2.75, 3.05) is 11.9 Å². The fourth-order valence-corrected chi connectivity index (χ4v) is 3.91. The number of carbonyl (C=O) groups is 3. The fraction of sp³-hybridized carbons (Fsp3) is 0.278. The molecule has 1 aliphatic carbocycles. The van der Waals surface area contributed by atoms with Crippen molar-refractivity contribution in [1.82, 2.24) is 5.32 Å². The molecule has 7 heteroatoms. The van der Waals surface area contributed by atoms with E-state index in [4.69, 9.17) is 5.11 Å². The molecular formula is C18H18N2O4S. The summed E-state index contributed by atoms with van der Waals surface area (Å²) in [5.74, 6) is -1.72. The highest BCUT2D eigenvalue weighted by molar-refractivity contribution is 7.14. The van der Waals surface area contributed by atoms with Gasteiger partial charge in [0.15, 0.2) is 0 Å². The van der Waals surface area contributed by atoms with E-state index in [9.17, 15) is 14.4 Å². The number of anilines is 1. The van der Waals surface area contributed by atoms with E-state index >= 15 is 0 Å². The van der Waals surface area contributed by atoms with E-state index in [0.29, 0.717) is 16.1 Å². The molecule has 0 spiro atoms. The van der Waals surface area contributed by atoms with E-state index in [1.54, 1.807) is 35.6 Å². The Kier molecular flexibility index (Phi) is 5.14. The molecule has 3 N–H and O–H groups in total. The number of benzene rings is 1. The first-order valence-electron chi connectivity index (χ1n) is 8.06. The van der Waals surface area contributed by atoms with Crippen LogP contribution in [0.15, 0.2) is 30.3 Å². The maximum absolute atomic E-state index is 12.4. The highest BCUT2D eigenvalue weighted by Gasteiger charge is 2.17. The fourth-order valence-electron chi connectivity index (χ4n) is 2.76. The lowest BCUT2D eigenvalue weighted by molar-refractivity contribution is -0.135. The molecule has 25 heavy (non-hydrogen) atoms. The van der Waals surface area contributed by atoms with E-state index in [2.05, 4.69) is 10.6 Å². The van der Waals surface area contributed by atoms with Gasteiger partial charge in [-0.1, -0.05) is 0 Å². The smallest absolute Gasteiger partial charge is 0.322 e. The number of nitrogens with one attached hydrogen (secondary N) is 2. The molecule has 3 rings (SSSR count). The first-order chi connectivity index (χ1) is 12.0. The Morgan fingerprint density at radius 1 is 1.04 bits per heavy atom. The van der Waals surface area contributed by atoms with Crippen LogP contribution in [0.25, 0.3) is 0 Å². The Labute approximate surface area is 148 Å². The van der Waals surface area contributed by atoms with Gasteiger partial charge in [0.2, 0.25) is 0 Å². The molecule has 0 radical (unpaired) electrons. The van der Waals surface area contributed by atoms with Crippen LogP contribution >= 0.6 is 11.3 Å². The van der Waals surface area contributed by atoms with Crippen LogP contribution in [0.5, 0.6) is 0 Å². The molecule has 130 valence electrons. The molecule has 0 fully saturated rings. The summed E-state index contributed by atoms with van der Waals surface area (Å²) in [7, 11) is 0. The normalized spacial score (nSPS) is 13.0. The standard InChI is InChI=1S/C18H18N2O4S/c21-16(22)10-19-17(23)11-5-7-13(8-6-11)20-18(24)15-9-12-3-1-2-4-14(12)25-15/h5-9H,1-4,10H2,(H,19,23)(H,20,24)(H,21,22). The Bertz CT molecular complexity index is 787. The highest BCUT2D eigenvalue weighted by atomic mass is 32.1. The zero-order valence-corrected chi connectivity index (χ0v) is 14.3. The topological polar surface area (TPSA) is 95.5 Å². The summed E-state index contributed by atoms with van der Waals surface area (Å²) in [5.41, 5.74) is 2.21. The van der Waals surface area contributed by atoms with Gasteiger partial charge in [-0.25, -0.2) is 0 Å². The minimum atomic E-state index is -1.10. The molecular weight excluding hydrogens is 340 g/mol. The highest BCUT2D eigenvalue weighted by Crippen LogP contribution is 2.30. The van der Waals surface area contributed by atoms with Crippen LogP contribution in [0.3, 0.4) is 0 Å². The first-order valence-corrected chi connectivity index (χ1v) is 8.87. The van der Waals surface area contributed by atoms with Gasteiger partial charge >= 0.3 is 5.97 Å². The largest absolute Gasteiger partial charge is 0.480 e. The Morgan fingerprint density at radius 3 is 2.44 bits per heavy atom. The second-order valence-electron chi connectivity index (χ2n) is 5.87. The lowest BCUT2D eigenvalue weighted by Crippen LogP contribution is -2.29. The number of thiophene rings is 1. The van der Waals surface area contributed by atoms with Crippen LogP contribution in [-0.4, -0.2) is 29.4 Å². The molecule has 0 atom stereocenters. The molecule has 0 saturated carbocycles. The number of carboxylic acid groups (broad SMARTS) is 1. The Hall–Kier alpha value is -2.67. The molecule has 1 heterocycles. The van der Waals surface area contributed by atoms with E-state index in [0.717, 1.165) is 12.8 Å². The number of hydrogen-bond acceptors (Lipinski definition) is 4. The number of aryl methyl sites for hydroxylation is 2. The third-order valence-electron chi connectivity index (χ3n) is 4.03. The molecule has 2 aromatic rings. The number of carbonyl (C=O) groups excluding carboxylic acids is 2. The number of aliphatic carboxylic acids is 1. The van der Waals surface area contributed by atoms with E-state index in [-0.39, 0.29) is 5.91 Å². The number of fused-ring (bicyclic) bond motifs is 1. The van der Waals surface area contributed by atoms with Crippen LogP contribution in [0.2, 0.25) is 0 Å². The summed E-state index contributed by atoms with van der Waals surface area (Å²) in [6.45, 7) is -0.430. The van der Waals surface area contributed by atoms with Gasteiger partial charge in [-0.15, -0.1) is 11.3 Å². The second kappa shape index (κ2) is 7.48. The molecule has 0 saturated heterocycles. The molecule has 1 aliphatic rings. The quantitative estimate of drug-likeness (QED) is 0.766. The van der Waals surface area contributed by atoms with Crippen molar-refractivity contribution in [2.45, 2.75) is 25.7 Å². The molecule has 0 unspecified atom stereocenters. The molecule has 1 aromatic carbocycles. The molecule has 0 bridgehead atoms. The molecule has 2 amide bonds. The minimum Gasteiger partial charge on any atom is -0.480 e. The average molecular weight is 358 g/mol. The van der Waals surface area contributed by atoms with E-state index in [1.165, 1.54) is 23.3 Å². The Balaban J connectivity index is 1.63. The van der Waals surface area contributed by atoms with E-state index in [1.807, 2.05) is 6.07 Å². The summed E-state index contributed by atoms with van der Waals surface area (Å²) in [6.07, 6.45) is 4.45. The van der Waals surface area contributed by atoms with Crippen LogP contribution in [0.4, 0.5) is 5.69 Å². The average Bonchev–Trinajstić information content (AvgIpc) is 3.04. The summed E-state index contributed by atoms with van der Waals surface area (Å²) in [4.78, 5) is 36.6. The summed E-state index contributed by atoms with van der Waals surface area (Å²) in [6, 6.07) is 8.32. The van der Waals surface area contributed by atoms with E-state index < -0.39 is 18.4 Å². The van der Waals surface area contributed by atoms with Crippen LogP contribution in [0.1, 0.15) is 43.3 Å². The van der Waals surface area contributed by atoms with Crippen molar-refractivity contribution in [2.24, 2.45) is 0 Å². The SMILES string of the molecule is O=C(O)CNC(=O)c1ccc(NC(=O)c2cc3c(s2)CCCC3)cc1. The number of carboxylic acids is 1. The first kappa shape index (κ1) is 17.2. The predicted molar refractivity (Wildman–Crippen MR) is 95.3 cm³/mol. The van der Waals surface area contributed by atoms with Gasteiger partial charge in [0.25, 0.3) is 11.8 Å². The number of rotatable bonds is 5. The van der Waals surface area contributed by atoms with Gasteiger partial charge < -0.3 is 15.7 Å². The lowest BCUT2D eigenvalue weighted by atomic mass is 9.99. The number of hydrogen-bond donors (Lipinski definition) is 3. The summed E-state index contributed by atoms with van der Waals surface area (Å²) in [5, 5.41) is 13.7. The summed E-state index contributed by atoms with van der Waals surface area (Å²) >= 11 is 1.55. The number of amides is 2. The zero-order chi connectivity index (χ0) is 17.8. The van der Waals surface area contributed by atoms with Crippen molar-refractivity contribution >= 4 is 34.8 Å². The predicted octanol–water partition coefficient (Wildman–Crippen LogP) is 2.69. The van der Waals surface area contributed by atoms with Gasteiger partial charge in [-0.2, -0.15) is 0 Å². The van der Waals surface area contributed by atoms with Crippen molar-refractivity contribution in [3.05, 3.63) is 51.2 Å². The zero-order valence-electron chi connectivity index (χ0n) is 13.5. The monoisotopic (exact) mass is 358 g/mol. The Morgan fingerprint density at radius 2 is 1.76 bits per heavy atom. The van der Waals surface area contributed by atoms with Gasteiger partial charge in [-0.05, 0) is 61.6 Å². The third kappa shape index (κ3) is 4.24. The van der Waals surface area contributed by atoms with Crippen molar-refractivity contribution in [3.63, 3.8) is 0 Å². The van der Waals surface area contributed by atoms with Gasteiger partial charge in [0.1, 0.15) is 6.54 Å².